The predicted molar refractivity (Wildman–Crippen MR) is 71.3 cm³/mol. The first-order valence-electron chi connectivity index (χ1n) is 7.17. The van der Waals surface area contributed by atoms with Gasteiger partial charge in [-0.1, -0.05) is 20.3 Å². The van der Waals surface area contributed by atoms with Crippen LogP contribution in [0.5, 0.6) is 0 Å². The monoisotopic (exact) mass is 249 g/mol. The maximum Gasteiger partial charge on any atom is 0.252 e. The normalized spacial score (nSPS) is 37.4. The number of carbonyl (C=O) groups excluding carboxylic acids is 1. The van der Waals surface area contributed by atoms with Crippen molar-refractivity contribution in [2.75, 3.05) is 0 Å². The van der Waals surface area contributed by atoms with Gasteiger partial charge in [0, 0.05) is 0 Å². The molecule has 1 heterocycles. The fourth-order valence-corrected chi connectivity index (χ4v) is 3.02. The molecule has 1 spiro atoms. The van der Waals surface area contributed by atoms with Crippen LogP contribution in [0.2, 0.25) is 0 Å². The molecule has 1 aliphatic heterocycles. The standard InChI is InChI=1S/C14H23N3O/c1-13(2)6-3-7-14(9-8-13)11(18)16-12(17-14)15-10-4-5-10/h10H,3-9H2,1-2H3,(H2,15,16,17,18). The molecular formula is C14H23N3O. The van der Waals surface area contributed by atoms with E-state index in [0.717, 1.165) is 31.6 Å². The van der Waals surface area contributed by atoms with E-state index < -0.39 is 0 Å². The van der Waals surface area contributed by atoms with E-state index in [0.29, 0.717) is 11.5 Å². The highest BCUT2D eigenvalue weighted by molar-refractivity contribution is 6.09. The molecule has 1 saturated heterocycles. The molecule has 1 amide bonds. The number of nitrogens with one attached hydrogen (secondary N) is 2. The van der Waals surface area contributed by atoms with Crippen molar-refractivity contribution in [3.63, 3.8) is 0 Å². The Hall–Kier alpha value is -1.06. The van der Waals surface area contributed by atoms with E-state index in [1.54, 1.807) is 0 Å². The van der Waals surface area contributed by atoms with Crippen LogP contribution in [0.3, 0.4) is 0 Å². The lowest BCUT2D eigenvalue weighted by Gasteiger charge is -2.26. The highest BCUT2D eigenvalue weighted by Crippen LogP contribution is 2.39. The van der Waals surface area contributed by atoms with Gasteiger partial charge in [0.25, 0.3) is 5.91 Å². The third-order valence-electron chi connectivity index (χ3n) is 4.57. The first-order valence-corrected chi connectivity index (χ1v) is 7.17. The van der Waals surface area contributed by atoms with E-state index in [-0.39, 0.29) is 11.4 Å². The zero-order chi connectivity index (χ0) is 12.8. The number of hydrogen-bond donors (Lipinski definition) is 2. The molecule has 3 fully saturated rings. The summed E-state index contributed by atoms with van der Waals surface area (Å²) in [7, 11) is 0. The number of amides is 1. The zero-order valence-electron chi connectivity index (χ0n) is 11.4. The van der Waals surface area contributed by atoms with Crippen molar-refractivity contribution >= 4 is 11.9 Å². The molecule has 3 rings (SSSR count). The summed E-state index contributed by atoms with van der Waals surface area (Å²) >= 11 is 0. The molecule has 1 atom stereocenters. The number of nitrogens with zero attached hydrogens (tertiary/aromatic N) is 1. The third kappa shape index (κ3) is 2.25. The van der Waals surface area contributed by atoms with E-state index in [1.165, 1.54) is 19.3 Å². The molecule has 3 aliphatic rings. The Bertz CT molecular complexity index is 398. The van der Waals surface area contributed by atoms with Gasteiger partial charge >= 0.3 is 0 Å². The summed E-state index contributed by atoms with van der Waals surface area (Å²) in [5.74, 6) is 0.863. The van der Waals surface area contributed by atoms with Crippen molar-refractivity contribution in [3.8, 4) is 0 Å². The molecule has 0 radical (unpaired) electrons. The van der Waals surface area contributed by atoms with Crippen LogP contribution < -0.4 is 10.6 Å². The van der Waals surface area contributed by atoms with Gasteiger partial charge in [-0.05, 0) is 43.9 Å². The third-order valence-corrected chi connectivity index (χ3v) is 4.57. The fraction of sp³-hybridized carbons (Fsp3) is 0.857. The quantitative estimate of drug-likeness (QED) is 0.746. The molecular weight excluding hydrogens is 226 g/mol. The number of guanidine groups is 1. The Labute approximate surface area is 109 Å². The molecule has 0 aromatic rings. The van der Waals surface area contributed by atoms with Gasteiger partial charge in [-0.25, -0.2) is 4.99 Å². The average molecular weight is 249 g/mol. The lowest BCUT2D eigenvalue weighted by atomic mass is 9.83. The molecule has 0 aromatic carbocycles. The van der Waals surface area contributed by atoms with Crippen LogP contribution >= 0.6 is 0 Å². The number of carbonyl (C=O) groups is 1. The first-order chi connectivity index (χ1) is 8.49. The van der Waals surface area contributed by atoms with E-state index in [2.05, 4.69) is 29.5 Å². The largest absolute Gasteiger partial charge is 0.342 e. The Morgan fingerprint density at radius 2 is 1.94 bits per heavy atom. The first kappa shape index (κ1) is 12.0. The Kier molecular flexibility index (Phi) is 2.65. The van der Waals surface area contributed by atoms with E-state index in [1.807, 2.05) is 0 Å². The molecule has 4 heteroatoms. The summed E-state index contributed by atoms with van der Waals surface area (Å²) < 4.78 is 0. The highest BCUT2D eigenvalue weighted by Gasteiger charge is 2.47. The van der Waals surface area contributed by atoms with Gasteiger partial charge in [0.2, 0.25) is 0 Å². The topological polar surface area (TPSA) is 53.5 Å². The maximum absolute atomic E-state index is 12.3. The highest BCUT2D eigenvalue weighted by atomic mass is 16.2. The summed E-state index contributed by atoms with van der Waals surface area (Å²) in [6.07, 6.45) is 7.62. The SMILES string of the molecule is CC1(C)CCCC2(CC1)NC(=NC1CC1)NC2=O. The number of rotatable bonds is 1. The van der Waals surface area contributed by atoms with Crippen LogP contribution in [0.15, 0.2) is 4.99 Å². The number of aliphatic imine (C=N–C) groups is 1. The summed E-state index contributed by atoms with van der Waals surface area (Å²) in [6, 6.07) is 0.449. The second-order valence-electron chi connectivity index (χ2n) is 6.89. The zero-order valence-corrected chi connectivity index (χ0v) is 11.4. The predicted octanol–water partition coefficient (Wildman–Crippen LogP) is 1.95. The second-order valence-corrected chi connectivity index (χ2v) is 6.89. The lowest BCUT2D eigenvalue weighted by Crippen LogP contribution is -2.46. The van der Waals surface area contributed by atoms with Crippen molar-refractivity contribution in [2.45, 2.75) is 70.4 Å². The summed E-state index contributed by atoms with van der Waals surface area (Å²) in [5, 5.41) is 6.34. The lowest BCUT2D eigenvalue weighted by molar-refractivity contribution is -0.124. The minimum absolute atomic E-state index is 0.139. The van der Waals surface area contributed by atoms with Gasteiger partial charge in [0.05, 0.1) is 6.04 Å². The van der Waals surface area contributed by atoms with Crippen molar-refractivity contribution in [2.24, 2.45) is 10.4 Å². The Balaban J connectivity index is 1.75. The smallest absolute Gasteiger partial charge is 0.252 e. The second kappa shape index (κ2) is 3.97. The summed E-state index contributed by atoms with van der Waals surface area (Å²) in [5.41, 5.74) is -0.0106. The molecule has 2 saturated carbocycles. The maximum atomic E-state index is 12.3. The van der Waals surface area contributed by atoms with Gasteiger partial charge in [0.1, 0.15) is 5.54 Å². The molecule has 1 unspecified atom stereocenters. The van der Waals surface area contributed by atoms with Crippen LogP contribution in [-0.4, -0.2) is 23.4 Å². The molecule has 100 valence electrons. The van der Waals surface area contributed by atoms with Gasteiger partial charge in [0.15, 0.2) is 5.96 Å². The van der Waals surface area contributed by atoms with Gasteiger partial charge in [-0.3, -0.25) is 10.1 Å². The van der Waals surface area contributed by atoms with E-state index in [9.17, 15) is 4.79 Å². The van der Waals surface area contributed by atoms with Crippen LogP contribution in [0.25, 0.3) is 0 Å². The average Bonchev–Trinajstić information content (AvgIpc) is 3.04. The van der Waals surface area contributed by atoms with Gasteiger partial charge in [-0.15, -0.1) is 0 Å². The Morgan fingerprint density at radius 1 is 1.17 bits per heavy atom. The summed E-state index contributed by atoms with van der Waals surface area (Å²) in [6.45, 7) is 4.61. The molecule has 0 aromatic heterocycles. The van der Waals surface area contributed by atoms with Crippen molar-refractivity contribution in [1.82, 2.24) is 10.6 Å². The summed E-state index contributed by atoms with van der Waals surface area (Å²) in [4.78, 5) is 16.8. The van der Waals surface area contributed by atoms with E-state index >= 15 is 0 Å². The minimum Gasteiger partial charge on any atom is -0.342 e. The molecule has 0 bridgehead atoms. The molecule has 18 heavy (non-hydrogen) atoms. The van der Waals surface area contributed by atoms with E-state index in [4.69, 9.17) is 0 Å². The van der Waals surface area contributed by atoms with Crippen LogP contribution in [0.1, 0.15) is 58.8 Å². The molecule has 2 aliphatic carbocycles. The van der Waals surface area contributed by atoms with Crippen molar-refractivity contribution < 1.29 is 4.79 Å². The fourth-order valence-electron chi connectivity index (χ4n) is 3.02. The van der Waals surface area contributed by atoms with Gasteiger partial charge in [-0.2, -0.15) is 0 Å². The molecule has 4 nitrogen and oxygen atoms in total. The van der Waals surface area contributed by atoms with Crippen molar-refractivity contribution in [3.05, 3.63) is 0 Å². The van der Waals surface area contributed by atoms with Gasteiger partial charge < -0.3 is 5.32 Å². The Morgan fingerprint density at radius 3 is 2.67 bits per heavy atom. The minimum atomic E-state index is -0.374. The van der Waals surface area contributed by atoms with Crippen LogP contribution in [0, 0.1) is 5.41 Å². The van der Waals surface area contributed by atoms with Crippen LogP contribution in [-0.2, 0) is 4.79 Å². The molecule has 2 N–H and O–H groups in total. The van der Waals surface area contributed by atoms with Crippen LogP contribution in [0.4, 0.5) is 0 Å². The number of hydrogen-bond acceptors (Lipinski definition) is 2. The van der Waals surface area contributed by atoms with Crippen molar-refractivity contribution in [1.29, 1.82) is 0 Å².